The lowest BCUT2D eigenvalue weighted by Gasteiger charge is -2.31. The van der Waals surface area contributed by atoms with E-state index < -0.39 is 0 Å². The minimum Gasteiger partial charge on any atom is -0.353 e. The van der Waals surface area contributed by atoms with Crippen molar-refractivity contribution in [2.75, 3.05) is 13.3 Å². The predicted octanol–water partition coefficient (Wildman–Crippen LogP) is 1.76. The number of hydrogen-bond donors (Lipinski definition) is 2. The van der Waals surface area contributed by atoms with Crippen molar-refractivity contribution in [1.82, 2.24) is 10.6 Å². The molecule has 0 saturated carbocycles. The van der Waals surface area contributed by atoms with Gasteiger partial charge in [-0.2, -0.15) is 10.2 Å². The molecule has 2 rings (SSSR count). The Labute approximate surface area is 120 Å². The lowest BCUT2D eigenvalue weighted by Crippen LogP contribution is -2.50. The topological polar surface area (TPSA) is 73.5 Å². The highest BCUT2D eigenvalue weighted by Crippen LogP contribution is 2.20. The highest BCUT2D eigenvalue weighted by atomic mass is 35.5. The van der Waals surface area contributed by atoms with Crippen molar-refractivity contribution >= 4 is 36.5 Å². The van der Waals surface area contributed by atoms with Gasteiger partial charge in [-0.1, -0.05) is 0 Å². The van der Waals surface area contributed by atoms with Crippen LogP contribution < -0.4 is 10.6 Å². The summed E-state index contributed by atoms with van der Waals surface area (Å²) in [4.78, 5) is 8.45. The van der Waals surface area contributed by atoms with E-state index in [9.17, 15) is 0 Å². The van der Waals surface area contributed by atoms with E-state index in [2.05, 4.69) is 30.8 Å². The molecule has 0 radical (unpaired) electrons. The molecule has 0 aliphatic carbocycles. The molecule has 0 spiro atoms. The summed E-state index contributed by atoms with van der Waals surface area (Å²) in [6.07, 6.45) is 0. The van der Waals surface area contributed by atoms with Gasteiger partial charge in [0, 0.05) is 0 Å². The van der Waals surface area contributed by atoms with Crippen LogP contribution in [0.4, 0.5) is 0 Å². The smallest absolute Gasteiger partial charge is 0.133 e. The molecule has 6 nitrogen and oxygen atoms in total. The molecule has 0 fully saturated rings. The average Bonchev–Trinajstić information content (AvgIpc) is 1.92. The summed E-state index contributed by atoms with van der Waals surface area (Å²) in [5.74, 6) is 1.80. The van der Waals surface area contributed by atoms with E-state index in [0.29, 0.717) is 13.3 Å². The zero-order valence-corrected chi connectivity index (χ0v) is 12.7. The molecule has 2 aliphatic heterocycles. The van der Waals surface area contributed by atoms with Gasteiger partial charge in [-0.05, 0) is 27.7 Å². The molecule has 0 amide bonds. The minimum atomic E-state index is -0.375. The van der Waals surface area contributed by atoms with Crippen molar-refractivity contribution in [1.29, 1.82) is 0 Å². The number of amidine groups is 2. The van der Waals surface area contributed by atoms with Crippen LogP contribution in [0.15, 0.2) is 20.2 Å². The second-order valence-electron chi connectivity index (χ2n) is 5.00. The maximum absolute atomic E-state index is 4.36. The average molecular weight is 295 g/mol. The molecule has 0 bridgehead atoms. The first kappa shape index (κ1) is 17.1. The van der Waals surface area contributed by atoms with E-state index in [1.54, 1.807) is 0 Å². The standard InChI is InChI=1S/C10H18N6.2ClH/c1-9(2,7-11-5-12-7)15-16-10(3,4)8-13-6-14-8;;/h5-6H2,1-4H3,(H,11,12)(H,13,14);2*1H. The summed E-state index contributed by atoms with van der Waals surface area (Å²) in [6.45, 7) is 9.35. The number of rotatable bonds is 4. The van der Waals surface area contributed by atoms with Crippen LogP contribution in [0.3, 0.4) is 0 Å². The Bertz CT molecular complexity index is 350. The molecule has 0 aromatic heterocycles. The first-order chi connectivity index (χ1) is 7.42. The summed E-state index contributed by atoms with van der Waals surface area (Å²) < 4.78 is 0. The van der Waals surface area contributed by atoms with Crippen molar-refractivity contribution in [2.24, 2.45) is 20.2 Å². The van der Waals surface area contributed by atoms with E-state index in [1.165, 1.54) is 0 Å². The van der Waals surface area contributed by atoms with Gasteiger partial charge in [0.1, 0.15) is 36.1 Å². The van der Waals surface area contributed by atoms with Gasteiger partial charge >= 0.3 is 0 Å². The Kier molecular flexibility index (Phi) is 5.55. The van der Waals surface area contributed by atoms with Gasteiger partial charge in [-0.25, -0.2) is 9.98 Å². The fourth-order valence-electron chi connectivity index (χ4n) is 1.48. The van der Waals surface area contributed by atoms with Crippen LogP contribution in [0.2, 0.25) is 0 Å². The largest absolute Gasteiger partial charge is 0.353 e. The van der Waals surface area contributed by atoms with E-state index in [-0.39, 0.29) is 35.9 Å². The fourth-order valence-corrected chi connectivity index (χ4v) is 1.48. The third-order valence-electron chi connectivity index (χ3n) is 2.68. The molecule has 2 aliphatic rings. The number of azo groups is 1. The van der Waals surface area contributed by atoms with Gasteiger partial charge in [0.2, 0.25) is 0 Å². The molecule has 0 unspecified atom stereocenters. The predicted molar refractivity (Wildman–Crippen MR) is 78.4 cm³/mol. The third kappa shape index (κ3) is 3.32. The normalized spacial score (nSPS) is 18.0. The van der Waals surface area contributed by atoms with E-state index >= 15 is 0 Å². The van der Waals surface area contributed by atoms with Crippen LogP contribution in [0.5, 0.6) is 0 Å². The Morgan fingerprint density at radius 2 is 1.11 bits per heavy atom. The van der Waals surface area contributed by atoms with Crippen molar-refractivity contribution in [2.45, 2.75) is 38.8 Å². The van der Waals surface area contributed by atoms with Crippen LogP contribution in [0.25, 0.3) is 0 Å². The number of nitrogens with one attached hydrogen (secondary N) is 2. The van der Waals surface area contributed by atoms with Crippen LogP contribution in [-0.4, -0.2) is 36.1 Å². The zero-order valence-electron chi connectivity index (χ0n) is 11.0. The second kappa shape index (κ2) is 5.84. The van der Waals surface area contributed by atoms with E-state index in [0.717, 1.165) is 11.7 Å². The first-order valence-electron chi connectivity index (χ1n) is 5.43. The van der Waals surface area contributed by atoms with Crippen molar-refractivity contribution < 1.29 is 0 Å². The monoisotopic (exact) mass is 294 g/mol. The van der Waals surface area contributed by atoms with Gasteiger partial charge in [0.15, 0.2) is 0 Å². The lowest BCUT2D eigenvalue weighted by atomic mass is 10.0. The number of hydrogen-bond acceptors (Lipinski definition) is 6. The van der Waals surface area contributed by atoms with Gasteiger partial charge in [0.05, 0.1) is 0 Å². The molecular weight excluding hydrogens is 275 g/mol. The molecule has 0 aromatic carbocycles. The molecule has 0 saturated heterocycles. The fraction of sp³-hybridized carbons (Fsp3) is 0.800. The molecule has 2 N–H and O–H groups in total. The highest BCUT2D eigenvalue weighted by molar-refractivity contribution is 5.95. The lowest BCUT2D eigenvalue weighted by molar-refractivity contribution is 0.524. The Morgan fingerprint density at radius 3 is 1.28 bits per heavy atom. The highest BCUT2D eigenvalue weighted by Gasteiger charge is 2.32. The second-order valence-corrected chi connectivity index (χ2v) is 5.00. The van der Waals surface area contributed by atoms with Gasteiger partial charge in [-0.3, -0.25) is 0 Å². The summed E-state index contributed by atoms with van der Waals surface area (Å²) in [5.41, 5.74) is -0.750. The maximum Gasteiger partial charge on any atom is 0.133 e. The van der Waals surface area contributed by atoms with Gasteiger partial charge in [-0.15, -0.1) is 24.8 Å². The number of aliphatic imine (C=N–C) groups is 2. The zero-order chi connectivity index (χ0) is 11.8. The summed E-state index contributed by atoms with van der Waals surface area (Å²) in [7, 11) is 0. The molecule has 8 heteroatoms. The summed E-state index contributed by atoms with van der Waals surface area (Å²) >= 11 is 0. The summed E-state index contributed by atoms with van der Waals surface area (Å²) in [6, 6.07) is 0. The Hall–Kier alpha value is -0.880. The number of halogens is 2. The van der Waals surface area contributed by atoms with Crippen LogP contribution >= 0.6 is 24.8 Å². The van der Waals surface area contributed by atoms with Gasteiger partial charge < -0.3 is 10.6 Å². The maximum atomic E-state index is 4.36. The van der Waals surface area contributed by atoms with Gasteiger partial charge in [0.25, 0.3) is 0 Å². The first-order valence-corrected chi connectivity index (χ1v) is 5.43. The third-order valence-corrected chi connectivity index (χ3v) is 2.68. The molecule has 0 aromatic rings. The molecule has 0 atom stereocenters. The molecule has 2 heterocycles. The van der Waals surface area contributed by atoms with Crippen LogP contribution in [0.1, 0.15) is 27.7 Å². The number of nitrogens with zero attached hydrogens (tertiary/aromatic N) is 4. The van der Waals surface area contributed by atoms with Crippen LogP contribution in [-0.2, 0) is 0 Å². The minimum absolute atomic E-state index is 0. The van der Waals surface area contributed by atoms with Crippen molar-refractivity contribution in [3.05, 3.63) is 0 Å². The molecule has 18 heavy (non-hydrogen) atoms. The van der Waals surface area contributed by atoms with Crippen molar-refractivity contribution in [3.63, 3.8) is 0 Å². The van der Waals surface area contributed by atoms with Crippen LogP contribution in [0, 0.1) is 0 Å². The van der Waals surface area contributed by atoms with Crippen molar-refractivity contribution in [3.8, 4) is 0 Å². The Morgan fingerprint density at radius 1 is 0.833 bits per heavy atom. The van der Waals surface area contributed by atoms with E-state index in [1.807, 2.05) is 27.7 Å². The quantitative estimate of drug-likeness (QED) is 0.776. The Balaban J connectivity index is 0.00000144. The molecular formula is C10H20Cl2N6. The molecule has 104 valence electrons. The summed E-state index contributed by atoms with van der Waals surface area (Å²) in [5, 5.41) is 15.0. The van der Waals surface area contributed by atoms with E-state index in [4.69, 9.17) is 0 Å². The SMILES string of the molecule is CC(C)(N=NC(C)(C)C1=NCN1)C1=NCN1.Cl.Cl.